The van der Waals surface area contributed by atoms with E-state index in [4.69, 9.17) is 16.3 Å². The number of para-hydroxylation sites is 1. The first-order valence-corrected chi connectivity index (χ1v) is 6.89. The lowest BCUT2D eigenvalue weighted by Crippen LogP contribution is -2.00. The molecule has 0 radical (unpaired) electrons. The Bertz CT molecular complexity index is 805. The number of halogens is 1. The Kier molecular flexibility index (Phi) is 3.62. The van der Waals surface area contributed by atoms with Crippen LogP contribution in [0.2, 0.25) is 5.15 Å². The number of fused-ring (bicyclic) bond motifs is 1. The predicted molar refractivity (Wildman–Crippen MR) is 85.6 cm³/mol. The van der Waals surface area contributed by atoms with Gasteiger partial charge in [-0.05, 0) is 42.8 Å². The summed E-state index contributed by atoms with van der Waals surface area (Å²) in [6, 6.07) is 13.4. The van der Waals surface area contributed by atoms with Gasteiger partial charge in [0.25, 0.3) is 0 Å². The second-order valence-corrected chi connectivity index (χ2v) is 5.02. The highest BCUT2D eigenvalue weighted by Crippen LogP contribution is 2.26. The molecule has 0 unspecified atom stereocenters. The molecule has 1 N–H and O–H groups in total. The summed E-state index contributed by atoms with van der Waals surface area (Å²) >= 11 is 6.20. The Morgan fingerprint density at radius 1 is 1.10 bits per heavy atom. The number of ether oxygens (including phenoxy) is 1. The number of aromatic nitrogens is 2. The molecule has 21 heavy (non-hydrogen) atoms. The Morgan fingerprint density at radius 2 is 1.90 bits per heavy atom. The van der Waals surface area contributed by atoms with E-state index in [0.29, 0.717) is 11.1 Å². The van der Waals surface area contributed by atoms with E-state index in [9.17, 15) is 0 Å². The molecule has 0 amide bonds. The van der Waals surface area contributed by atoms with Crippen LogP contribution in [-0.4, -0.2) is 17.1 Å². The molecule has 5 heteroatoms. The third-order valence-electron chi connectivity index (χ3n) is 3.24. The van der Waals surface area contributed by atoms with E-state index in [-0.39, 0.29) is 0 Å². The number of nitrogens with one attached hydrogen (secondary N) is 1. The number of hydrogen-bond acceptors (Lipinski definition) is 4. The van der Waals surface area contributed by atoms with E-state index < -0.39 is 0 Å². The molecule has 0 aliphatic rings. The summed E-state index contributed by atoms with van der Waals surface area (Å²) in [5.74, 6) is 1.29. The number of benzene rings is 2. The maximum Gasteiger partial charge on any atom is 0.229 e. The van der Waals surface area contributed by atoms with Crippen molar-refractivity contribution in [3.8, 4) is 5.75 Å². The largest absolute Gasteiger partial charge is 0.497 e. The van der Waals surface area contributed by atoms with Gasteiger partial charge in [-0.3, -0.25) is 0 Å². The molecule has 0 spiro atoms. The molecule has 0 saturated carbocycles. The lowest BCUT2D eigenvalue weighted by atomic mass is 10.2. The van der Waals surface area contributed by atoms with Gasteiger partial charge in [0.2, 0.25) is 5.95 Å². The van der Waals surface area contributed by atoms with Crippen LogP contribution in [0.15, 0.2) is 42.5 Å². The van der Waals surface area contributed by atoms with Crippen molar-refractivity contribution in [2.24, 2.45) is 0 Å². The normalized spacial score (nSPS) is 10.6. The molecule has 3 rings (SSSR count). The number of methoxy groups -OCH3 is 1. The summed E-state index contributed by atoms with van der Waals surface area (Å²) in [5.41, 5.74) is 2.77. The van der Waals surface area contributed by atoms with Crippen LogP contribution < -0.4 is 10.1 Å². The fraction of sp³-hybridized carbons (Fsp3) is 0.125. The minimum absolute atomic E-state index is 0.439. The molecule has 0 aliphatic carbocycles. The first-order valence-electron chi connectivity index (χ1n) is 6.51. The van der Waals surface area contributed by atoms with Crippen molar-refractivity contribution in [1.82, 2.24) is 9.97 Å². The molecule has 0 aliphatic heterocycles. The van der Waals surface area contributed by atoms with Crippen molar-refractivity contribution < 1.29 is 4.74 Å². The van der Waals surface area contributed by atoms with Crippen LogP contribution in [0.4, 0.5) is 11.6 Å². The average molecular weight is 300 g/mol. The fourth-order valence-corrected chi connectivity index (χ4v) is 2.36. The van der Waals surface area contributed by atoms with Gasteiger partial charge in [-0.1, -0.05) is 23.7 Å². The third kappa shape index (κ3) is 2.76. The van der Waals surface area contributed by atoms with E-state index in [1.54, 1.807) is 7.11 Å². The lowest BCUT2D eigenvalue weighted by molar-refractivity contribution is 0.414. The Hall–Kier alpha value is -2.33. The highest BCUT2D eigenvalue weighted by Gasteiger charge is 2.07. The summed E-state index contributed by atoms with van der Waals surface area (Å²) in [5, 5.41) is 4.48. The summed E-state index contributed by atoms with van der Waals surface area (Å²) in [4.78, 5) is 8.77. The Balaban J connectivity index is 1.98. The minimum atomic E-state index is 0.439. The van der Waals surface area contributed by atoms with Gasteiger partial charge in [-0.15, -0.1) is 0 Å². The highest BCUT2D eigenvalue weighted by atomic mass is 35.5. The van der Waals surface area contributed by atoms with Crippen LogP contribution >= 0.6 is 11.6 Å². The average Bonchev–Trinajstić information content (AvgIpc) is 2.49. The number of aryl methyl sites for hydroxylation is 1. The van der Waals surface area contributed by atoms with Crippen LogP contribution in [0.3, 0.4) is 0 Å². The van der Waals surface area contributed by atoms with E-state index in [2.05, 4.69) is 15.3 Å². The summed E-state index contributed by atoms with van der Waals surface area (Å²) in [6.07, 6.45) is 0. The second-order valence-electron chi connectivity index (χ2n) is 4.66. The predicted octanol–water partition coefficient (Wildman–Crippen LogP) is 4.34. The topological polar surface area (TPSA) is 47.0 Å². The molecular formula is C16H14ClN3O. The van der Waals surface area contributed by atoms with Gasteiger partial charge in [0.15, 0.2) is 0 Å². The number of anilines is 2. The van der Waals surface area contributed by atoms with Crippen LogP contribution in [0.5, 0.6) is 5.75 Å². The van der Waals surface area contributed by atoms with E-state index >= 15 is 0 Å². The van der Waals surface area contributed by atoms with Crippen LogP contribution in [0.25, 0.3) is 10.9 Å². The maximum atomic E-state index is 6.20. The quantitative estimate of drug-likeness (QED) is 0.731. The molecule has 0 saturated heterocycles. The Morgan fingerprint density at radius 3 is 2.67 bits per heavy atom. The van der Waals surface area contributed by atoms with Crippen LogP contribution in [-0.2, 0) is 0 Å². The molecule has 0 bridgehead atoms. The summed E-state index contributed by atoms with van der Waals surface area (Å²) in [6.45, 7) is 1.99. The highest BCUT2D eigenvalue weighted by molar-refractivity contribution is 6.34. The van der Waals surface area contributed by atoms with Crippen molar-refractivity contribution in [3.63, 3.8) is 0 Å². The first-order chi connectivity index (χ1) is 10.2. The smallest absolute Gasteiger partial charge is 0.229 e. The van der Waals surface area contributed by atoms with Gasteiger partial charge in [0, 0.05) is 11.1 Å². The lowest BCUT2D eigenvalue weighted by Gasteiger charge is -2.10. The van der Waals surface area contributed by atoms with E-state index in [1.807, 2.05) is 49.4 Å². The number of rotatable bonds is 3. The van der Waals surface area contributed by atoms with Crippen molar-refractivity contribution in [1.29, 1.82) is 0 Å². The van der Waals surface area contributed by atoms with Crippen LogP contribution in [0, 0.1) is 6.92 Å². The van der Waals surface area contributed by atoms with Crippen molar-refractivity contribution in [2.45, 2.75) is 6.92 Å². The van der Waals surface area contributed by atoms with Gasteiger partial charge in [-0.2, -0.15) is 0 Å². The first kappa shape index (κ1) is 13.6. The second kappa shape index (κ2) is 5.58. The number of nitrogens with zero attached hydrogens (tertiary/aromatic N) is 2. The van der Waals surface area contributed by atoms with E-state index in [1.165, 1.54) is 0 Å². The van der Waals surface area contributed by atoms with Crippen molar-refractivity contribution >= 4 is 34.1 Å². The van der Waals surface area contributed by atoms with Gasteiger partial charge in [0.05, 0.1) is 12.6 Å². The molecule has 1 aromatic heterocycles. The third-order valence-corrected chi connectivity index (χ3v) is 3.52. The fourth-order valence-electron chi connectivity index (χ4n) is 2.12. The van der Waals surface area contributed by atoms with Gasteiger partial charge >= 0.3 is 0 Å². The molecule has 0 atom stereocenters. The molecule has 2 aromatic carbocycles. The summed E-state index contributed by atoms with van der Waals surface area (Å²) in [7, 11) is 1.65. The van der Waals surface area contributed by atoms with Gasteiger partial charge in [-0.25, -0.2) is 9.97 Å². The zero-order valence-corrected chi connectivity index (χ0v) is 12.5. The SMILES string of the molecule is COc1ccc(Nc2nc(Cl)c3ccccc3n2)c(C)c1. The van der Waals surface area contributed by atoms with Gasteiger partial charge in [0.1, 0.15) is 10.9 Å². The molecule has 3 aromatic rings. The minimum Gasteiger partial charge on any atom is -0.497 e. The zero-order chi connectivity index (χ0) is 14.8. The van der Waals surface area contributed by atoms with Crippen molar-refractivity contribution in [3.05, 3.63) is 53.2 Å². The molecule has 1 heterocycles. The van der Waals surface area contributed by atoms with Crippen LogP contribution in [0.1, 0.15) is 5.56 Å². The summed E-state index contributed by atoms with van der Waals surface area (Å²) < 4.78 is 5.20. The Labute approximate surface area is 127 Å². The maximum absolute atomic E-state index is 6.20. The zero-order valence-electron chi connectivity index (χ0n) is 11.7. The molecule has 4 nitrogen and oxygen atoms in total. The monoisotopic (exact) mass is 299 g/mol. The molecular weight excluding hydrogens is 286 g/mol. The standard InChI is InChI=1S/C16H14ClN3O/c1-10-9-11(21-2)7-8-13(10)18-16-19-14-6-4-3-5-12(14)15(17)20-16/h3-9H,1-2H3,(H,18,19,20). The molecule has 0 fully saturated rings. The van der Waals surface area contributed by atoms with Crippen molar-refractivity contribution in [2.75, 3.05) is 12.4 Å². The van der Waals surface area contributed by atoms with Gasteiger partial charge < -0.3 is 10.1 Å². The molecule has 106 valence electrons. The number of hydrogen-bond donors (Lipinski definition) is 1. The van der Waals surface area contributed by atoms with E-state index in [0.717, 1.165) is 27.9 Å².